The van der Waals surface area contributed by atoms with E-state index in [4.69, 9.17) is 0 Å². The van der Waals surface area contributed by atoms with E-state index in [2.05, 4.69) is 49.9 Å². The van der Waals surface area contributed by atoms with E-state index in [9.17, 15) is 0 Å². The third kappa shape index (κ3) is 9.23. The van der Waals surface area contributed by atoms with Crippen LogP contribution in [0.15, 0.2) is 24.5 Å². The molecule has 0 saturated carbocycles. The normalized spacial score (nSPS) is 11.3. The van der Waals surface area contributed by atoms with Gasteiger partial charge in [-0.3, -0.25) is 0 Å². The van der Waals surface area contributed by atoms with Gasteiger partial charge in [0.1, 0.15) is 6.54 Å². The van der Waals surface area contributed by atoms with Crippen LogP contribution in [0.2, 0.25) is 0 Å². The van der Waals surface area contributed by atoms with E-state index in [1.165, 1.54) is 82.7 Å². The van der Waals surface area contributed by atoms with Crippen LogP contribution in [0.1, 0.15) is 103 Å². The van der Waals surface area contributed by atoms with Gasteiger partial charge in [-0.05, 0) is 17.9 Å². The fraction of sp³-hybridized carbons (Fsp3) is 0.762. The lowest BCUT2D eigenvalue weighted by molar-refractivity contribution is -0.697. The number of aromatic nitrogens is 1. The van der Waals surface area contributed by atoms with Gasteiger partial charge in [-0.25, -0.2) is 4.57 Å². The SMILES string of the molecule is CCCCCCCCCCCCC[n+]1ccc(C(C)C)cc1. The van der Waals surface area contributed by atoms with Gasteiger partial charge in [-0.2, -0.15) is 0 Å². The Balaban J connectivity index is 1.93. The summed E-state index contributed by atoms with van der Waals surface area (Å²) in [6.07, 6.45) is 20.1. The molecule has 0 bridgehead atoms. The second-order valence-electron chi connectivity index (χ2n) is 7.06. The predicted octanol–water partition coefficient (Wildman–Crippen LogP) is 6.41. The summed E-state index contributed by atoms with van der Waals surface area (Å²) in [5.41, 5.74) is 1.44. The monoisotopic (exact) mass is 304 g/mol. The average molecular weight is 305 g/mol. The van der Waals surface area contributed by atoms with Crippen molar-refractivity contribution in [1.29, 1.82) is 0 Å². The zero-order valence-electron chi connectivity index (χ0n) is 15.3. The lowest BCUT2D eigenvalue weighted by Gasteiger charge is -2.04. The van der Waals surface area contributed by atoms with Crippen LogP contribution in [0, 0.1) is 0 Å². The number of rotatable bonds is 13. The Kier molecular flexibility index (Phi) is 11.1. The Morgan fingerprint density at radius 2 is 1.18 bits per heavy atom. The maximum Gasteiger partial charge on any atom is 0.169 e. The second kappa shape index (κ2) is 12.7. The van der Waals surface area contributed by atoms with Gasteiger partial charge in [0.25, 0.3) is 0 Å². The van der Waals surface area contributed by atoms with Crippen LogP contribution < -0.4 is 4.57 Å². The van der Waals surface area contributed by atoms with Crippen molar-refractivity contribution in [3.05, 3.63) is 30.1 Å². The minimum Gasteiger partial charge on any atom is -0.205 e. The van der Waals surface area contributed by atoms with E-state index in [1.807, 2.05) is 0 Å². The van der Waals surface area contributed by atoms with Crippen molar-refractivity contribution in [2.24, 2.45) is 0 Å². The minimum atomic E-state index is 0.636. The first-order valence-corrected chi connectivity index (χ1v) is 9.73. The molecule has 1 heterocycles. The molecule has 0 radical (unpaired) electrons. The largest absolute Gasteiger partial charge is 0.205 e. The van der Waals surface area contributed by atoms with Gasteiger partial charge in [0, 0.05) is 18.6 Å². The average Bonchev–Trinajstić information content (AvgIpc) is 2.53. The van der Waals surface area contributed by atoms with Crippen molar-refractivity contribution < 1.29 is 4.57 Å². The molecule has 1 aromatic rings. The summed E-state index contributed by atoms with van der Waals surface area (Å²) in [4.78, 5) is 0. The molecule has 0 unspecified atom stereocenters. The molecule has 1 nitrogen and oxygen atoms in total. The highest BCUT2D eigenvalue weighted by atomic mass is 14.9. The lowest BCUT2D eigenvalue weighted by atomic mass is 10.1. The quantitative estimate of drug-likeness (QED) is 0.293. The van der Waals surface area contributed by atoms with E-state index in [-0.39, 0.29) is 0 Å². The van der Waals surface area contributed by atoms with Gasteiger partial charge >= 0.3 is 0 Å². The lowest BCUT2D eigenvalue weighted by Crippen LogP contribution is -2.32. The molecule has 0 aliphatic heterocycles. The molecule has 1 heteroatoms. The first-order valence-electron chi connectivity index (χ1n) is 9.73. The number of hydrogen-bond donors (Lipinski definition) is 0. The summed E-state index contributed by atoms with van der Waals surface area (Å²) in [5, 5.41) is 0. The van der Waals surface area contributed by atoms with Gasteiger partial charge in [-0.1, -0.05) is 78.6 Å². The Labute approximate surface area is 139 Å². The third-order valence-electron chi connectivity index (χ3n) is 4.60. The van der Waals surface area contributed by atoms with Crippen LogP contribution in [0.3, 0.4) is 0 Å². The molecule has 0 saturated heterocycles. The molecule has 1 rings (SSSR count). The maximum atomic E-state index is 2.33. The van der Waals surface area contributed by atoms with E-state index < -0.39 is 0 Å². The minimum absolute atomic E-state index is 0.636. The molecule has 22 heavy (non-hydrogen) atoms. The predicted molar refractivity (Wildman–Crippen MR) is 97.2 cm³/mol. The molecule has 0 aromatic carbocycles. The number of pyridine rings is 1. The summed E-state index contributed by atoms with van der Waals surface area (Å²) in [5.74, 6) is 0.636. The first kappa shape index (κ1) is 19.2. The highest BCUT2D eigenvalue weighted by Gasteiger charge is 2.03. The first-order chi connectivity index (χ1) is 10.7. The summed E-state index contributed by atoms with van der Waals surface area (Å²) in [7, 11) is 0. The van der Waals surface area contributed by atoms with Crippen molar-refractivity contribution in [2.45, 2.75) is 104 Å². The van der Waals surface area contributed by atoms with Crippen LogP contribution >= 0.6 is 0 Å². The van der Waals surface area contributed by atoms with Crippen molar-refractivity contribution in [1.82, 2.24) is 0 Å². The van der Waals surface area contributed by atoms with Gasteiger partial charge in [0.2, 0.25) is 0 Å². The Bertz CT molecular complexity index is 353. The summed E-state index contributed by atoms with van der Waals surface area (Å²) in [6, 6.07) is 4.53. The molecule has 0 atom stereocenters. The summed E-state index contributed by atoms with van der Waals surface area (Å²) >= 11 is 0. The van der Waals surface area contributed by atoms with Crippen LogP contribution in [0.25, 0.3) is 0 Å². The Morgan fingerprint density at radius 3 is 1.64 bits per heavy atom. The highest BCUT2D eigenvalue weighted by Crippen LogP contribution is 2.12. The van der Waals surface area contributed by atoms with Crippen molar-refractivity contribution in [3.63, 3.8) is 0 Å². The van der Waals surface area contributed by atoms with Gasteiger partial charge < -0.3 is 0 Å². The molecule has 0 amide bonds. The zero-order valence-corrected chi connectivity index (χ0v) is 15.3. The van der Waals surface area contributed by atoms with E-state index in [1.54, 1.807) is 0 Å². The molecular formula is C21H38N+. The van der Waals surface area contributed by atoms with Gasteiger partial charge in [-0.15, -0.1) is 0 Å². The van der Waals surface area contributed by atoms with E-state index in [0.29, 0.717) is 5.92 Å². The third-order valence-corrected chi connectivity index (χ3v) is 4.60. The number of aryl methyl sites for hydroxylation is 1. The van der Waals surface area contributed by atoms with Crippen molar-refractivity contribution in [2.75, 3.05) is 0 Å². The number of nitrogens with zero attached hydrogens (tertiary/aromatic N) is 1. The molecule has 0 aliphatic carbocycles. The Hall–Kier alpha value is -0.850. The molecular weight excluding hydrogens is 266 g/mol. The molecule has 1 aromatic heterocycles. The fourth-order valence-corrected chi connectivity index (χ4v) is 2.96. The standard InChI is InChI=1S/C21H38N/c1-4-5-6-7-8-9-10-11-12-13-14-17-22-18-15-21(16-19-22)20(2)3/h15-16,18-20H,4-14,17H2,1-3H3/q+1. The molecule has 0 fully saturated rings. The van der Waals surface area contributed by atoms with Crippen LogP contribution in [0.4, 0.5) is 0 Å². The van der Waals surface area contributed by atoms with Gasteiger partial charge in [0.05, 0.1) is 0 Å². The van der Waals surface area contributed by atoms with Crippen molar-refractivity contribution >= 4 is 0 Å². The fourth-order valence-electron chi connectivity index (χ4n) is 2.96. The molecule has 0 spiro atoms. The molecule has 0 aliphatic rings. The van der Waals surface area contributed by atoms with Crippen LogP contribution in [-0.4, -0.2) is 0 Å². The smallest absolute Gasteiger partial charge is 0.169 e. The second-order valence-corrected chi connectivity index (χ2v) is 7.06. The highest BCUT2D eigenvalue weighted by molar-refractivity contribution is 5.11. The topological polar surface area (TPSA) is 3.88 Å². The van der Waals surface area contributed by atoms with Crippen molar-refractivity contribution in [3.8, 4) is 0 Å². The van der Waals surface area contributed by atoms with E-state index >= 15 is 0 Å². The Morgan fingerprint density at radius 1 is 0.727 bits per heavy atom. The van der Waals surface area contributed by atoms with Gasteiger partial charge in [0.15, 0.2) is 12.4 Å². The molecule has 126 valence electrons. The van der Waals surface area contributed by atoms with E-state index in [0.717, 1.165) is 0 Å². The zero-order chi connectivity index (χ0) is 16.0. The maximum absolute atomic E-state index is 2.33. The summed E-state index contributed by atoms with van der Waals surface area (Å²) < 4.78 is 2.33. The van der Waals surface area contributed by atoms with Crippen LogP contribution in [0.5, 0.6) is 0 Å². The number of hydrogen-bond acceptors (Lipinski definition) is 0. The summed E-state index contributed by atoms with van der Waals surface area (Å²) in [6.45, 7) is 7.97. The van der Waals surface area contributed by atoms with Crippen LogP contribution in [-0.2, 0) is 6.54 Å². The molecule has 0 N–H and O–H groups in total. The number of unbranched alkanes of at least 4 members (excludes halogenated alkanes) is 10.